The molecule has 0 radical (unpaired) electrons. The van der Waals surface area contributed by atoms with E-state index in [9.17, 15) is 13.2 Å². The average Bonchev–Trinajstić information content (AvgIpc) is 2.60. The van der Waals surface area contributed by atoms with Crippen molar-refractivity contribution in [2.75, 3.05) is 17.2 Å². The van der Waals surface area contributed by atoms with Crippen molar-refractivity contribution >= 4 is 21.5 Å². The van der Waals surface area contributed by atoms with Crippen LogP contribution in [0, 0.1) is 0 Å². The van der Waals surface area contributed by atoms with Gasteiger partial charge in [-0.05, 0) is 53.9 Å². The lowest BCUT2D eigenvalue weighted by molar-refractivity contribution is 0.0696. The first-order valence-corrected chi connectivity index (χ1v) is 9.49. The first-order chi connectivity index (χ1) is 11.4. The van der Waals surface area contributed by atoms with Crippen molar-refractivity contribution in [3.05, 3.63) is 59.2 Å². The van der Waals surface area contributed by atoms with Gasteiger partial charge in [-0.2, -0.15) is 0 Å². The first kappa shape index (κ1) is 16.5. The highest BCUT2D eigenvalue weighted by molar-refractivity contribution is 7.91. The molecule has 0 aromatic heterocycles. The van der Waals surface area contributed by atoms with Crippen LogP contribution < -0.4 is 4.90 Å². The number of hydrogen-bond donors (Lipinski definition) is 1. The van der Waals surface area contributed by atoms with Crippen LogP contribution >= 0.6 is 0 Å². The molecule has 6 heteroatoms. The third-order valence-electron chi connectivity index (χ3n) is 4.41. The van der Waals surface area contributed by atoms with Crippen molar-refractivity contribution < 1.29 is 18.3 Å². The zero-order valence-corrected chi connectivity index (χ0v) is 14.2. The summed E-state index contributed by atoms with van der Waals surface area (Å²) in [6, 6.07) is 12.2. The highest BCUT2D eigenvalue weighted by Crippen LogP contribution is 2.26. The highest BCUT2D eigenvalue weighted by atomic mass is 32.2. The van der Waals surface area contributed by atoms with Crippen LogP contribution in [0.1, 0.15) is 28.4 Å². The zero-order valence-electron chi connectivity index (χ0n) is 13.4. The third kappa shape index (κ3) is 3.14. The fourth-order valence-corrected chi connectivity index (χ4v) is 3.82. The van der Waals surface area contributed by atoms with Gasteiger partial charge in [0, 0.05) is 18.8 Å². The Morgan fingerprint density at radius 2 is 1.83 bits per heavy atom. The molecule has 0 fully saturated rings. The fourth-order valence-electron chi connectivity index (χ4n) is 2.94. The molecule has 0 saturated carbocycles. The minimum Gasteiger partial charge on any atom is -0.478 e. The summed E-state index contributed by atoms with van der Waals surface area (Å²) in [4.78, 5) is 13.6. The molecule has 1 heterocycles. The van der Waals surface area contributed by atoms with Gasteiger partial charge in [0.2, 0.25) is 0 Å². The van der Waals surface area contributed by atoms with Gasteiger partial charge in [0.15, 0.2) is 9.84 Å². The minimum absolute atomic E-state index is 0.0926. The van der Waals surface area contributed by atoms with Crippen LogP contribution in [0.3, 0.4) is 0 Å². The van der Waals surface area contributed by atoms with Gasteiger partial charge in [0.1, 0.15) is 0 Å². The SMILES string of the molecule is CCS(=O)(=O)c1ccc(N2CCc3cc(C(=O)O)ccc3C2)cc1. The van der Waals surface area contributed by atoms with Crippen LogP contribution in [0.5, 0.6) is 0 Å². The number of carbonyl (C=O) groups is 1. The number of nitrogens with zero attached hydrogens (tertiary/aromatic N) is 1. The Kier molecular flexibility index (Phi) is 4.32. The largest absolute Gasteiger partial charge is 0.478 e. The topological polar surface area (TPSA) is 74.7 Å². The maximum absolute atomic E-state index is 11.9. The van der Waals surface area contributed by atoms with E-state index >= 15 is 0 Å². The Hall–Kier alpha value is -2.34. The number of fused-ring (bicyclic) bond motifs is 1. The smallest absolute Gasteiger partial charge is 0.335 e. The molecule has 0 unspecified atom stereocenters. The number of carboxylic acids is 1. The maximum Gasteiger partial charge on any atom is 0.335 e. The summed E-state index contributed by atoms with van der Waals surface area (Å²) in [7, 11) is -3.18. The molecular formula is C18H19NO4S. The van der Waals surface area contributed by atoms with Gasteiger partial charge in [0.05, 0.1) is 16.2 Å². The van der Waals surface area contributed by atoms with E-state index in [1.807, 2.05) is 18.2 Å². The Bertz CT molecular complexity index is 872. The molecule has 0 aliphatic carbocycles. The van der Waals surface area contributed by atoms with Gasteiger partial charge < -0.3 is 10.0 Å². The van der Waals surface area contributed by atoms with E-state index in [2.05, 4.69) is 4.90 Å². The van der Waals surface area contributed by atoms with Crippen LogP contribution in [-0.2, 0) is 22.8 Å². The van der Waals surface area contributed by atoms with Crippen molar-refractivity contribution in [2.24, 2.45) is 0 Å². The lowest BCUT2D eigenvalue weighted by Gasteiger charge is -2.31. The molecule has 1 aliphatic rings. The summed E-state index contributed by atoms with van der Waals surface area (Å²) in [5, 5.41) is 9.07. The normalized spacial score (nSPS) is 14.3. The van der Waals surface area contributed by atoms with E-state index in [1.54, 1.807) is 31.2 Å². The first-order valence-electron chi connectivity index (χ1n) is 7.83. The number of anilines is 1. The molecule has 0 saturated heterocycles. The molecule has 0 spiro atoms. The van der Waals surface area contributed by atoms with Crippen molar-refractivity contribution in [1.29, 1.82) is 0 Å². The molecule has 3 rings (SSSR count). The molecule has 0 amide bonds. The van der Waals surface area contributed by atoms with Crippen molar-refractivity contribution in [1.82, 2.24) is 0 Å². The second-order valence-electron chi connectivity index (χ2n) is 5.86. The third-order valence-corrected chi connectivity index (χ3v) is 6.16. The summed E-state index contributed by atoms with van der Waals surface area (Å²) in [6.07, 6.45) is 0.769. The van der Waals surface area contributed by atoms with E-state index in [0.717, 1.165) is 29.8 Å². The van der Waals surface area contributed by atoms with Gasteiger partial charge in [-0.15, -0.1) is 0 Å². The van der Waals surface area contributed by atoms with Gasteiger partial charge >= 0.3 is 5.97 Å². The van der Waals surface area contributed by atoms with Gasteiger partial charge in [-0.25, -0.2) is 13.2 Å². The lowest BCUT2D eigenvalue weighted by Crippen LogP contribution is -2.30. The van der Waals surface area contributed by atoms with Crippen molar-refractivity contribution in [3.8, 4) is 0 Å². The highest BCUT2D eigenvalue weighted by Gasteiger charge is 2.19. The van der Waals surface area contributed by atoms with Crippen molar-refractivity contribution in [2.45, 2.75) is 24.8 Å². The predicted octanol–water partition coefficient (Wildman–Crippen LogP) is 2.74. The van der Waals surface area contributed by atoms with Gasteiger partial charge in [-0.3, -0.25) is 0 Å². The van der Waals surface area contributed by atoms with Gasteiger partial charge in [-0.1, -0.05) is 13.0 Å². The summed E-state index contributed by atoms with van der Waals surface area (Å²) in [5.41, 5.74) is 3.46. The van der Waals surface area contributed by atoms with E-state index < -0.39 is 15.8 Å². The monoisotopic (exact) mass is 345 g/mol. The Morgan fingerprint density at radius 3 is 2.46 bits per heavy atom. The van der Waals surface area contributed by atoms with Crippen LogP contribution in [0.2, 0.25) is 0 Å². The van der Waals surface area contributed by atoms with Crippen LogP contribution in [-0.4, -0.2) is 31.8 Å². The van der Waals surface area contributed by atoms with E-state index in [-0.39, 0.29) is 5.75 Å². The number of sulfone groups is 1. The molecule has 1 aliphatic heterocycles. The molecule has 2 aromatic rings. The summed E-state index contributed by atoms with van der Waals surface area (Å²) in [6.45, 7) is 3.10. The molecule has 5 nitrogen and oxygen atoms in total. The number of carboxylic acid groups (broad SMARTS) is 1. The number of rotatable bonds is 4. The maximum atomic E-state index is 11.9. The van der Waals surface area contributed by atoms with E-state index in [0.29, 0.717) is 17.0 Å². The predicted molar refractivity (Wildman–Crippen MR) is 92.3 cm³/mol. The lowest BCUT2D eigenvalue weighted by atomic mass is 9.97. The quantitative estimate of drug-likeness (QED) is 0.922. The second-order valence-corrected chi connectivity index (χ2v) is 8.14. The van der Waals surface area contributed by atoms with Crippen LogP contribution in [0.25, 0.3) is 0 Å². The minimum atomic E-state index is -3.18. The average molecular weight is 345 g/mol. The summed E-state index contributed by atoms with van der Waals surface area (Å²) >= 11 is 0. The molecule has 24 heavy (non-hydrogen) atoms. The van der Waals surface area contributed by atoms with Crippen molar-refractivity contribution in [3.63, 3.8) is 0 Å². The van der Waals surface area contributed by atoms with Crippen LogP contribution in [0.4, 0.5) is 5.69 Å². The van der Waals surface area contributed by atoms with Gasteiger partial charge in [0.25, 0.3) is 0 Å². The molecule has 1 N–H and O–H groups in total. The molecule has 0 bridgehead atoms. The summed E-state index contributed by atoms with van der Waals surface area (Å²) < 4.78 is 23.8. The zero-order chi connectivity index (χ0) is 17.3. The number of hydrogen-bond acceptors (Lipinski definition) is 4. The molecule has 0 atom stereocenters. The molecule has 2 aromatic carbocycles. The Morgan fingerprint density at radius 1 is 1.12 bits per heavy atom. The van der Waals surface area contributed by atoms with E-state index in [4.69, 9.17) is 5.11 Å². The van der Waals surface area contributed by atoms with Crippen LogP contribution in [0.15, 0.2) is 47.4 Å². The standard InChI is InChI=1S/C18H19NO4S/c1-2-24(22,23)17-7-5-16(6-8-17)19-10-9-13-11-14(18(20)21)3-4-15(13)12-19/h3-8,11H,2,9-10,12H2,1H3,(H,20,21). The second kappa shape index (κ2) is 6.28. The number of aromatic carboxylic acids is 1. The molecular weight excluding hydrogens is 326 g/mol. The number of benzene rings is 2. The summed E-state index contributed by atoms with van der Waals surface area (Å²) in [5.74, 6) is -0.817. The fraction of sp³-hybridized carbons (Fsp3) is 0.278. The Balaban J connectivity index is 1.82. The Labute approximate surface area is 141 Å². The van der Waals surface area contributed by atoms with E-state index in [1.165, 1.54) is 0 Å². The molecule has 126 valence electrons.